The van der Waals surface area contributed by atoms with E-state index < -0.39 is 0 Å². The third kappa shape index (κ3) is 5.10. The van der Waals surface area contributed by atoms with Gasteiger partial charge in [0.05, 0.1) is 12.4 Å². The first-order chi connectivity index (χ1) is 14.6. The van der Waals surface area contributed by atoms with E-state index in [1.165, 1.54) is 0 Å². The van der Waals surface area contributed by atoms with E-state index in [1.807, 2.05) is 61.5 Å². The molecule has 2 amide bonds. The number of hydrogen-bond acceptors (Lipinski definition) is 6. The minimum Gasteiger partial charge on any atom is -0.339 e. The minimum absolute atomic E-state index is 0.321. The Morgan fingerprint density at radius 3 is 2.27 bits per heavy atom. The Labute approximate surface area is 173 Å². The summed E-state index contributed by atoms with van der Waals surface area (Å²) in [4.78, 5) is 20.9. The molecule has 0 saturated heterocycles. The van der Waals surface area contributed by atoms with Gasteiger partial charge in [0.1, 0.15) is 0 Å². The van der Waals surface area contributed by atoms with Gasteiger partial charge in [-0.05, 0) is 37.3 Å². The number of benzene rings is 2. The lowest BCUT2D eigenvalue weighted by Crippen LogP contribution is -2.19. The van der Waals surface area contributed by atoms with E-state index >= 15 is 0 Å². The van der Waals surface area contributed by atoms with Crippen molar-refractivity contribution in [2.24, 2.45) is 0 Å². The summed E-state index contributed by atoms with van der Waals surface area (Å²) in [6, 6.07) is 18.1. The van der Waals surface area contributed by atoms with Crippen molar-refractivity contribution in [3.63, 3.8) is 0 Å². The first kappa shape index (κ1) is 18.9. The minimum atomic E-state index is -0.321. The van der Waals surface area contributed by atoms with E-state index in [9.17, 15) is 4.79 Å². The molecule has 9 heteroatoms. The van der Waals surface area contributed by atoms with Crippen LogP contribution < -0.4 is 21.3 Å². The van der Waals surface area contributed by atoms with E-state index in [0.29, 0.717) is 23.1 Å². The van der Waals surface area contributed by atoms with Gasteiger partial charge in [0.15, 0.2) is 17.5 Å². The molecular weight excluding hydrogens is 380 g/mol. The van der Waals surface area contributed by atoms with Gasteiger partial charge in [-0.1, -0.05) is 24.3 Å². The van der Waals surface area contributed by atoms with Gasteiger partial charge in [0, 0.05) is 28.8 Å². The molecule has 2 heterocycles. The van der Waals surface area contributed by atoms with Crippen molar-refractivity contribution in [2.45, 2.75) is 6.92 Å². The second-order valence-corrected chi connectivity index (χ2v) is 6.50. The highest BCUT2D eigenvalue weighted by Crippen LogP contribution is 2.20. The molecule has 9 nitrogen and oxygen atoms in total. The zero-order chi connectivity index (χ0) is 20.8. The first-order valence-corrected chi connectivity index (χ1v) is 9.25. The van der Waals surface area contributed by atoms with Crippen LogP contribution >= 0.6 is 0 Å². The Hall–Kier alpha value is -4.40. The van der Waals surface area contributed by atoms with Crippen molar-refractivity contribution >= 4 is 40.5 Å². The van der Waals surface area contributed by atoms with Crippen LogP contribution in [0.1, 0.15) is 5.69 Å². The average Bonchev–Trinajstić information content (AvgIpc) is 3.14. The number of H-pyrrole nitrogens is 1. The van der Waals surface area contributed by atoms with Crippen LogP contribution in [0.3, 0.4) is 0 Å². The van der Waals surface area contributed by atoms with E-state index in [-0.39, 0.29) is 6.03 Å². The number of rotatable bonds is 6. The van der Waals surface area contributed by atoms with Crippen LogP contribution in [0.25, 0.3) is 0 Å². The van der Waals surface area contributed by atoms with E-state index in [2.05, 4.69) is 41.4 Å². The quantitative estimate of drug-likeness (QED) is 0.322. The second kappa shape index (κ2) is 8.74. The largest absolute Gasteiger partial charge is 0.339 e. The average molecular weight is 400 g/mol. The number of anilines is 6. The molecule has 0 atom stereocenters. The van der Waals surface area contributed by atoms with Gasteiger partial charge in [-0.3, -0.25) is 10.1 Å². The lowest BCUT2D eigenvalue weighted by molar-refractivity contribution is 0.262. The number of carbonyl (C=O) groups is 1. The van der Waals surface area contributed by atoms with Gasteiger partial charge in [0.2, 0.25) is 0 Å². The zero-order valence-electron chi connectivity index (χ0n) is 16.2. The molecule has 0 spiro atoms. The summed E-state index contributed by atoms with van der Waals surface area (Å²) in [5.41, 5.74) is 3.06. The fourth-order valence-corrected chi connectivity index (χ4v) is 2.74. The summed E-state index contributed by atoms with van der Waals surface area (Å²) >= 11 is 0. The third-order valence-electron chi connectivity index (χ3n) is 4.02. The van der Waals surface area contributed by atoms with Crippen LogP contribution in [0, 0.1) is 6.92 Å². The molecule has 0 fully saturated rings. The van der Waals surface area contributed by atoms with E-state index in [0.717, 1.165) is 17.1 Å². The molecule has 150 valence electrons. The number of carbonyl (C=O) groups excluding carboxylic acids is 1. The number of aromatic nitrogens is 4. The fourth-order valence-electron chi connectivity index (χ4n) is 2.74. The van der Waals surface area contributed by atoms with Crippen molar-refractivity contribution in [1.82, 2.24) is 20.2 Å². The molecule has 0 aliphatic heterocycles. The van der Waals surface area contributed by atoms with Gasteiger partial charge in [0.25, 0.3) is 0 Å². The normalized spacial score (nSPS) is 10.3. The molecule has 2 aromatic heterocycles. The maximum absolute atomic E-state index is 12.2. The number of aromatic amines is 1. The SMILES string of the molecule is Cc1cc(Nc2cncc(Nc3cccc(NC(=O)Nc4ccccc4)c3)n2)n[nH]1. The standard InChI is InChI=1S/C21H20N8O/c1-14-10-18(29-28-14)26-20-13-22-12-19(27-20)23-16-8-5-9-17(11-16)25-21(30)24-15-6-3-2-4-7-15/h2-13H,1H3,(H2,24,25,30)(H3,23,26,27,28,29). The molecule has 2 aromatic carbocycles. The van der Waals surface area contributed by atoms with Crippen molar-refractivity contribution in [2.75, 3.05) is 21.3 Å². The molecule has 0 bridgehead atoms. The highest BCUT2D eigenvalue weighted by atomic mass is 16.2. The maximum atomic E-state index is 12.2. The number of nitrogens with one attached hydrogen (secondary N) is 5. The Morgan fingerprint density at radius 2 is 1.50 bits per heavy atom. The van der Waals surface area contributed by atoms with Crippen LogP contribution in [-0.4, -0.2) is 26.2 Å². The lowest BCUT2D eigenvalue weighted by Gasteiger charge is -2.11. The molecule has 4 rings (SSSR count). The summed E-state index contributed by atoms with van der Waals surface area (Å²) in [7, 11) is 0. The maximum Gasteiger partial charge on any atom is 0.323 e. The zero-order valence-corrected chi connectivity index (χ0v) is 16.2. The van der Waals surface area contributed by atoms with E-state index in [4.69, 9.17) is 0 Å². The predicted molar refractivity (Wildman–Crippen MR) is 117 cm³/mol. The molecule has 5 N–H and O–H groups in total. The lowest BCUT2D eigenvalue weighted by atomic mass is 10.2. The van der Waals surface area contributed by atoms with Crippen molar-refractivity contribution < 1.29 is 4.79 Å². The summed E-state index contributed by atoms with van der Waals surface area (Å²) in [5, 5.41) is 18.9. The number of hydrogen-bond donors (Lipinski definition) is 5. The van der Waals surface area contributed by atoms with Crippen molar-refractivity contribution in [1.29, 1.82) is 0 Å². The Morgan fingerprint density at radius 1 is 0.800 bits per heavy atom. The molecule has 4 aromatic rings. The molecule has 0 saturated carbocycles. The molecule has 0 aliphatic rings. The topological polar surface area (TPSA) is 120 Å². The van der Waals surface area contributed by atoms with Crippen LogP contribution in [0.15, 0.2) is 73.1 Å². The molecule has 0 radical (unpaired) electrons. The smallest absolute Gasteiger partial charge is 0.323 e. The molecule has 30 heavy (non-hydrogen) atoms. The first-order valence-electron chi connectivity index (χ1n) is 9.25. The molecule has 0 unspecified atom stereocenters. The summed E-state index contributed by atoms with van der Waals surface area (Å²) in [5.74, 6) is 1.77. The van der Waals surface area contributed by atoms with Gasteiger partial charge < -0.3 is 21.3 Å². The monoisotopic (exact) mass is 400 g/mol. The second-order valence-electron chi connectivity index (χ2n) is 6.50. The number of nitrogens with zero attached hydrogens (tertiary/aromatic N) is 3. The van der Waals surface area contributed by atoms with Gasteiger partial charge >= 0.3 is 6.03 Å². The van der Waals surface area contributed by atoms with Crippen LogP contribution in [0.5, 0.6) is 0 Å². The Balaban J connectivity index is 1.40. The predicted octanol–water partition coefficient (Wildman–Crippen LogP) is 4.64. The van der Waals surface area contributed by atoms with Gasteiger partial charge in [-0.15, -0.1) is 0 Å². The fraction of sp³-hybridized carbons (Fsp3) is 0.0476. The number of aryl methyl sites for hydroxylation is 1. The summed E-state index contributed by atoms with van der Waals surface area (Å²) in [6.07, 6.45) is 3.23. The Bertz CT molecular complexity index is 1140. The third-order valence-corrected chi connectivity index (χ3v) is 4.02. The van der Waals surface area contributed by atoms with Gasteiger partial charge in [-0.2, -0.15) is 5.10 Å². The highest BCUT2D eigenvalue weighted by molar-refractivity contribution is 6.00. The van der Waals surface area contributed by atoms with Gasteiger partial charge in [-0.25, -0.2) is 9.78 Å². The molecule has 0 aliphatic carbocycles. The van der Waals surface area contributed by atoms with Crippen LogP contribution in [-0.2, 0) is 0 Å². The van der Waals surface area contributed by atoms with Crippen LogP contribution in [0.2, 0.25) is 0 Å². The summed E-state index contributed by atoms with van der Waals surface area (Å²) in [6.45, 7) is 1.92. The van der Waals surface area contributed by atoms with Crippen LogP contribution in [0.4, 0.5) is 39.3 Å². The summed E-state index contributed by atoms with van der Waals surface area (Å²) < 4.78 is 0. The van der Waals surface area contributed by atoms with Crippen molar-refractivity contribution in [3.05, 3.63) is 78.8 Å². The highest BCUT2D eigenvalue weighted by Gasteiger charge is 2.05. The Kier molecular flexibility index (Phi) is 5.52. The number of urea groups is 1. The number of para-hydroxylation sites is 1. The number of amides is 2. The molecular formula is C21H20N8O. The van der Waals surface area contributed by atoms with E-state index in [1.54, 1.807) is 18.5 Å². The van der Waals surface area contributed by atoms with Crippen molar-refractivity contribution in [3.8, 4) is 0 Å².